The summed E-state index contributed by atoms with van der Waals surface area (Å²) in [6.07, 6.45) is 1.14. The fourth-order valence-electron chi connectivity index (χ4n) is 2.49. The van der Waals surface area contributed by atoms with Gasteiger partial charge >= 0.3 is 0 Å². The third-order valence-corrected chi connectivity index (χ3v) is 3.63. The summed E-state index contributed by atoms with van der Waals surface area (Å²) in [5, 5.41) is 29.5. The lowest BCUT2D eigenvalue weighted by Gasteiger charge is -2.12. The Morgan fingerprint density at radius 2 is 1.54 bits per heavy atom. The lowest BCUT2D eigenvalue weighted by atomic mass is 10.0. The Balaban J connectivity index is 2.31. The molecule has 0 atom stereocenters. The quantitative estimate of drug-likeness (QED) is 0.677. The Labute approximate surface area is 135 Å². The number of benzene rings is 2. The van der Waals surface area contributed by atoms with Crippen LogP contribution in [0.15, 0.2) is 39.7 Å². The monoisotopic (exact) mass is 330 g/mol. The molecule has 7 nitrogen and oxygen atoms in total. The van der Waals surface area contributed by atoms with Gasteiger partial charge in [-0.25, -0.2) is 0 Å². The Bertz CT molecular complexity index is 988. The molecule has 0 fully saturated rings. The van der Waals surface area contributed by atoms with Gasteiger partial charge in [-0.1, -0.05) is 0 Å². The Hall–Kier alpha value is -3.35. The summed E-state index contributed by atoms with van der Waals surface area (Å²) in [7, 11) is 2.85. The zero-order valence-electron chi connectivity index (χ0n) is 12.9. The molecule has 0 amide bonds. The molecule has 7 heteroatoms. The Morgan fingerprint density at radius 1 is 0.875 bits per heavy atom. The number of rotatable bonds is 3. The zero-order valence-corrected chi connectivity index (χ0v) is 12.9. The van der Waals surface area contributed by atoms with Crippen molar-refractivity contribution in [1.29, 1.82) is 0 Å². The van der Waals surface area contributed by atoms with E-state index in [1.807, 2.05) is 0 Å². The average molecular weight is 330 g/mol. The highest BCUT2D eigenvalue weighted by Crippen LogP contribution is 2.39. The van der Waals surface area contributed by atoms with Gasteiger partial charge < -0.3 is 29.2 Å². The molecular weight excluding hydrogens is 316 g/mol. The van der Waals surface area contributed by atoms with Crippen molar-refractivity contribution >= 4 is 11.0 Å². The second-order valence-corrected chi connectivity index (χ2v) is 5.04. The highest BCUT2D eigenvalue weighted by molar-refractivity contribution is 5.89. The Morgan fingerprint density at radius 3 is 2.21 bits per heavy atom. The SMILES string of the molecule is COc1cc(O)c(-c2coc3cc(O)cc(O)c3c2=O)cc1OC. The number of aromatic hydroxyl groups is 3. The van der Waals surface area contributed by atoms with Crippen LogP contribution in [-0.2, 0) is 0 Å². The van der Waals surface area contributed by atoms with Crippen LogP contribution >= 0.6 is 0 Å². The van der Waals surface area contributed by atoms with Crippen LogP contribution in [0.25, 0.3) is 22.1 Å². The van der Waals surface area contributed by atoms with E-state index in [0.717, 1.165) is 12.3 Å². The fourth-order valence-corrected chi connectivity index (χ4v) is 2.49. The first kappa shape index (κ1) is 15.5. The van der Waals surface area contributed by atoms with Crippen LogP contribution in [0.2, 0.25) is 0 Å². The molecule has 124 valence electrons. The van der Waals surface area contributed by atoms with Gasteiger partial charge in [-0.05, 0) is 6.07 Å². The second-order valence-electron chi connectivity index (χ2n) is 5.04. The molecule has 1 heterocycles. The molecule has 0 spiro atoms. The number of hydrogen-bond donors (Lipinski definition) is 3. The van der Waals surface area contributed by atoms with Gasteiger partial charge in [-0.3, -0.25) is 4.79 Å². The van der Waals surface area contributed by atoms with Gasteiger partial charge in [-0.15, -0.1) is 0 Å². The molecule has 3 aromatic rings. The second kappa shape index (κ2) is 5.69. The predicted molar refractivity (Wildman–Crippen MR) is 86.0 cm³/mol. The van der Waals surface area contributed by atoms with Gasteiger partial charge in [-0.2, -0.15) is 0 Å². The fraction of sp³-hybridized carbons (Fsp3) is 0.118. The molecule has 1 aromatic heterocycles. The van der Waals surface area contributed by atoms with E-state index < -0.39 is 11.2 Å². The van der Waals surface area contributed by atoms with E-state index >= 15 is 0 Å². The number of hydrogen-bond acceptors (Lipinski definition) is 7. The molecule has 0 aliphatic heterocycles. The van der Waals surface area contributed by atoms with E-state index in [4.69, 9.17) is 13.9 Å². The van der Waals surface area contributed by atoms with Crippen LogP contribution in [0.1, 0.15) is 0 Å². The smallest absolute Gasteiger partial charge is 0.204 e. The van der Waals surface area contributed by atoms with E-state index in [2.05, 4.69) is 0 Å². The van der Waals surface area contributed by atoms with Crippen LogP contribution in [0, 0.1) is 0 Å². The first-order valence-electron chi connectivity index (χ1n) is 6.89. The van der Waals surface area contributed by atoms with Crippen molar-refractivity contribution in [3.8, 4) is 39.9 Å². The first-order chi connectivity index (χ1) is 11.5. The van der Waals surface area contributed by atoms with Crippen LogP contribution in [-0.4, -0.2) is 29.5 Å². The lowest BCUT2D eigenvalue weighted by Crippen LogP contribution is -2.05. The number of phenols is 3. The highest BCUT2D eigenvalue weighted by Gasteiger charge is 2.18. The molecule has 0 unspecified atom stereocenters. The van der Waals surface area contributed by atoms with Gasteiger partial charge in [0.15, 0.2) is 11.5 Å². The van der Waals surface area contributed by atoms with Crippen molar-refractivity contribution in [2.75, 3.05) is 14.2 Å². The minimum absolute atomic E-state index is 0.0289. The summed E-state index contributed by atoms with van der Waals surface area (Å²) in [6, 6.07) is 5.00. The van der Waals surface area contributed by atoms with Crippen molar-refractivity contribution in [2.45, 2.75) is 0 Å². The van der Waals surface area contributed by atoms with Crippen molar-refractivity contribution < 1.29 is 29.2 Å². The third kappa shape index (κ3) is 2.36. The summed E-state index contributed by atoms with van der Waals surface area (Å²) in [5.74, 6) is -0.237. The van der Waals surface area contributed by atoms with Crippen LogP contribution in [0.3, 0.4) is 0 Å². The third-order valence-electron chi connectivity index (χ3n) is 3.63. The molecule has 3 rings (SSSR count). The minimum Gasteiger partial charge on any atom is -0.508 e. The first-order valence-corrected chi connectivity index (χ1v) is 6.89. The zero-order chi connectivity index (χ0) is 17.4. The van der Waals surface area contributed by atoms with Crippen molar-refractivity contribution in [3.05, 3.63) is 40.8 Å². The number of phenolic OH excluding ortho intramolecular Hbond substituents is 3. The molecule has 0 aliphatic rings. The predicted octanol–water partition coefficient (Wildman–Crippen LogP) is 2.59. The largest absolute Gasteiger partial charge is 0.508 e. The maximum absolute atomic E-state index is 12.7. The molecule has 0 aliphatic carbocycles. The lowest BCUT2D eigenvalue weighted by molar-refractivity contribution is 0.352. The van der Waals surface area contributed by atoms with Gasteiger partial charge in [0.25, 0.3) is 0 Å². The summed E-state index contributed by atoms with van der Waals surface area (Å²) < 4.78 is 15.6. The topological polar surface area (TPSA) is 109 Å². The van der Waals surface area contributed by atoms with Gasteiger partial charge in [0, 0.05) is 23.8 Å². The van der Waals surface area contributed by atoms with Gasteiger partial charge in [0.05, 0.1) is 19.8 Å². The standard InChI is InChI=1S/C17H14O7/c1-22-13-5-9(11(19)6-14(13)23-2)10-7-24-15-4-8(18)3-12(20)16(15)17(10)21/h3-7,18-20H,1-2H3. The van der Waals surface area contributed by atoms with Crippen LogP contribution in [0.4, 0.5) is 0 Å². The normalized spacial score (nSPS) is 10.8. The summed E-state index contributed by atoms with van der Waals surface area (Å²) in [4.78, 5) is 12.7. The summed E-state index contributed by atoms with van der Waals surface area (Å²) >= 11 is 0. The van der Waals surface area contributed by atoms with Crippen molar-refractivity contribution in [1.82, 2.24) is 0 Å². The molecule has 24 heavy (non-hydrogen) atoms. The van der Waals surface area contributed by atoms with E-state index in [-0.39, 0.29) is 33.6 Å². The highest BCUT2D eigenvalue weighted by atomic mass is 16.5. The molecule has 3 N–H and O–H groups in total. The maximum atomic E-state index is 12.7. The van der Waals surface area contributed by atoms with Crippen molar-refractivity contribution in [3.63, 3.8) is 0 Å². The molecule has 2 aromatic carbocycles. The number of methoxy groups -OCH3 is 2. The van der Waals surface area contributed by atoms with E-state index in [1.54, 1.807) is 0 Å². The van der Waals surface area contributed by atoms with E-state index in [1.165, 1.54) is 32.4 Å². The Kier molecular flexibility index (Phi) is 3.69. The molecule has 0 bridgehead atoms. The molecule has 0 radical (unpaired) electrons. The van der Waals surface area contributed by atoms with Crippen LogP contribution in [0.5, 0.6) is 28.7 Å². The average Bonchev–Trinajstić information content (AvgIpc) is 2.54. The molecular formula is C17H14O7. The van der Waals surface area contributed by atoms with Crippen molar-refractivity contribution in [2.24, 2.45) is 0 Å². The number of ether oxygens (including phenoxy) is 2. The van der Waals surface area contributed by atoms with E-state index in [9.17, 15) is 20.1 Å². The maximum Gasteiger partial charge on any atom is 0.204 e. The van der Waals surface area contributed by atoms with Gasteiger partial charge in [0.1, 0.15) is 34.5 Å². The minimum atomic E-state index is -0.559. The molecule has 0 saturated carbocycles. The summed E-state index contributed by atoms with van der Waals surface area (Å²) in [5.41, 5.74) is -0.338. The number of fused-ring (bicyclic) bond motifs is 1. The molecule has 0 saturated heterocycles. The van der Waals surface area contributed by atoms with Gasteiger partial charge in [0.2, 0.25) is 5.43 Å². The summed E-state index contributed by atoms with van der Waals surface area (Å²) in [6.45, 7) is 0. The van der Waals surface area contributed by atoms with E-state index in [0.29, 0.717) is 11.5 Å². The van der Waals surface area contributed by atoms with Crippen LogP contribution < -0.4 is 14.9 Å².